The highest BCUT2D eigenvalue weighted by atomic mass is 16.2. The molecule has 3 N–H and O–H groups in total. The van der Waals surface area contributed by atoms with Crippen LogP contribution >= 0.6 is 0 Å². The summed E-state index contributed by atoms with van der Waals surface area (Å²) in [6.07, 6.45) is 0. The first-order valence-corrected chi connectivity index (χ1v) is 6.14. The molecular weight excluding hydrogens is 244 g/mol. The third-order valence-electron chi connectivity index (χ3n) is 3.36. The Morgan fingerprint density at radius 3 is 2.74 bits per heavy atom. The number of carbonyl (C=O) groups is 2. The van der Waals surface area contributed by atoms with Gasteiger partial charge in [-0.25, -0.2) is 4.98 Å². The lowest BCUT2D eigenvalue weighted by molar-refractivity contribution is -0.135. The predicted molar refractivity (Wildman–Crippen MR) is 71.4 cm³/mol. The van der Waals surface area contributed by atoms with Gasteiger partial charge < -0.3 is 10.6 Å². The molecule has 1 aliphatic rings. The van der Waals surface area contributed by atoms with Gasteiger partial charge in [-0.1, -0.05) is 6.07 Å². The topological polar surface area (TPSA) is 88.3 Å². The number of hydrogen-bond donors (Lipinski definition) is 2. The third kappa shape index (κ3) is 2.31. The van der Waals surface area contributed by atoms with E-state index in [1.807, 2.05) is 19.1 Å². The van der Waals surface area contributed by atoms with Crippen molar-refractivity contribution in [2.24, 2.45) is 5.73 Å². The van der Waals surface area contributed by atoms with E-state index in [1.54, 1.807) is 18.7 Å². The van der Waals surface area contributed by atoms with E-state index in [9.17, 15) is 9.59 Å². The summed E-state index contributed by atoms with van der Waals surface area (Å²) in [7, 11) is 0. The van der Waals surface area contributed by atoms with Crippen molar-refractivity contribution in [2.45, 2.75) is 32.9 Å². The SMILES string of the molecule is Cc1ccc(CN)c(N2CC(=O)NC(=O)C2(C)C)n1. The number of carbonyl (C=O) groups excluding carboxylic acids is 2. The average molecular weight is 262 g/mol. The Morgan fingerprint density at radius 2 is 2.11 bits per heavy atom. The van der Waals surface area contributed by atoms with Crippen LogP contribution in [0.3, 0.4) is 0 Å². The Balaban J connectivity index is 2.52. The van der Waals surface area contributed by atoms with Crippen LogP contribution in [0.4, 0.5) is 5.82 Å². The van der Waals surface area contributed by atoms with E-state index in [4.69, 9.17) is 5.73 Å². The molecule has 1 fully saturated rings. The summed E-state index contributed by atoms with van der Waals surface area (Å²) in [5.41, 5.74) is 6.52. The number of nitrogens with one attached hydrogen (secondary N) is 1. The first kappa shape index (κ1) is 13.5. The van der Waals surface area contributed by atoms with Crippen LogP contribution in [-0.2, 0) is 16.1 Å². The number of nitrogens with two attached hydrogens (primary N) is 1. The van der Waals surface area contributed by atoms with E-state index < -0.39 is 5.54 Å². The summed E-state index contributed by atoms with van der Waals surface area (Å²) < 4.78 is 0. The Hall–Kier alpha value is -1.95. The average Bonchev–Trinajstić information content (AvgIpc) is 2.34. The van der Waals surface area contributed by atoms with E-state index >= 15 is 0 Å². The number of pyridine rings is 1. The molecule has 0 saturated carbocycles. The second-order valence-electron chi connectivity index (χ2n) is 5.16. The fourth-order valence-electron chi connectivity index (χ4n) is 2.09. The zero-order valence-corrected chi connectivity index (χ0v) is 11.4. The molecule has 19 heavy (non-hydrogen) atoms. The first-order chi connectivity index (χ1) is 8.86. The lowest BCUT2D eigenvalue weighted by Crippen LogP contribution is -2.64. The van der Waals surface area contributed by atoms with Crippen LogP contribution in [0.25, 0.3) is 0 Å². The van der Waals surface area contributed by atoms with E-state index in [-0.39, 0.29) is 18.4 Å². The van der Waals surface area contributed by atoms with Gasteiger partial charge in [-0.15, -0.1) is 0 Å². The molecule has 1 aromatic rings. The summed E-state index contributed by atoms with van der Waals surface area (Å²) in [6, 6.07) is 3.75. The highest BCUT2D eigenvalue weighted by molar-refractivity contribution is 6.06. The molecule has 2 amide bonds. The van der Waals surface area contributed by atoms with E-state index in [0.29, 0.717) is 12.4 Å². The molecule has 0 bridgehead atoms. The number of amides is 2. The summed E-state index contributed by atoms with van der Waals surface area (Å²) in [5.74, 6) is -0.0404. The molecule has 1 aromatic heterocycles. The molecule has 0 aromatic carbocycles. The van der Waals surface area contributed by atoms with Crippen molar-refractivity contribution in [3.05, 3.63) is 23.4 Å². The number of anilines is 1. The first-order valence-electron chi connectivity index (χ1n) is 6.14. The number of hydrogen-bond acceptors (Lipinski definition) is 5. The van der Waals surface area contributed by atoms with Gasteiger partial charge in [0.2, 0.25) is 5.91 Å². The summed E-state index contributed by atoms with van der Waals surface area (Å²) in [6.45, 7) is 5.80. The van der Waals surface area contributed by atoms with Crippen LogP contribution in [-0.4, -0.2) is 28.9 Å². The van der Waals surface area contributed by atoms with Gasteiger partial charge in [0.1, 0.15) is 11.4 Å². The molecule has 102 valence electrons. The number of nitrogens with zero attached hydrogens (tertiary/aromatic N) is 2. The maximum Gasteiger partial charge on any atom is 0.251 e. The zero-order valence-electron chi connectivity index (χ0n) is 11.4. The molecule has 0 unspecified atom stereocenters. The minimum atomic E-state index is -0.835. The lowest BCUT2D eigenvalue weighted by Gasteiger charge is -2.41. The molecule has 6 nitrogen and oxygen atoms in total. The third-order valence-corrected chi connectivity index (χ3v) is 3.36. The van der Waals surface area contributed by atoms with Crippen molar-refractivity contribution in [3.63, 3.8) is 0 Å². The standard InChI is InChI=1S/C13H18N4O2/c1-8-4-5-9(6-14)11(15-8)17-7-10(18)16-12(19)13(17,2)3/h4-5H,6-7,14H2,1-3H3,(H,16,18,19). The van der Waals surface area contributed by atoms with Crippen molar-refractivity contribution in [1.29, 1.82) is 0 Å². The highest BCUT2D eigenvalue weighted by Crippen LogP contribution is 2.28. The van der Waals surface area contributed by atoms with Crippen molar-refractivity contribution >= 4 is 17.6 Å². The smallest absolute Gasteiger partial charge is 0.251 e. The monoisotopic (exact) mass is 262 g/mol. The van der Waals surface area contributed by atoms with E-state index in [0.717, 1.165) is 11.3 Å². The van der Waals surface area contributed by atoms with Gasteiger partial charge in [-0.3, -0.25) is 14.9 Å². The summed E-state index contributed by atoms with van der Waals surface area (Å²) in [4.78, 5) is 29.7. The maximum absolute atomic E-state index is 12.0. The normalized spacial score (nSPS) is 18.4. The van der Waals surface area contributed by atoms with Gasteiger partial charge in [0.05, 0.1) is 6.54 Å². The van der Waals surface area contributed by atoms with Crippen molar-refractivity contribution in [3.8, 4) is 0 Å². The lowest BCUT2D eigenvalue weighted by atomic mass is 9.97. The van der Waals surface area contributed by atoms with Gasteiger partial charge in [-0.05, 0) is 26.8 Å². The van der Waals surface area contributed by atoms with Gasteiger partial charge >= 0.3 is 0 Å². The molecule has 0 aliphatic carbocycles. The fraction of sp³-hybridized carbons (Fsp3) is 0.462. The molecule has 0 radical (unpaired) electrons. The largest absolute Gasteiger partial charge is 0.333 e. The molecular formula is C13H18N4O2. The molecule has 2 rings (SSSR count). The second kappa shape index (κ2) is 4.62. The zero-order chi connectivity index (χ0) is 14.2. The van der Waals surface area contributed by atoms with Crippen LogP contribution in [0.2, 0.25) is 0 Å². The highest BCUT2D eigenvalue weighted by Gasteiger charge is 2.42. The van der Waals surface area contributed by atoms with Crippen LogP contribution in [0.1, 0.15) is 25.1 Å². The van der Waals surface area contributed by atoms with Crippen molar-refractivity contribution < 1.29 is 9.59 Å². The van der Waals surface area contributed by atoms with Crippen molar-refractivity contribution in [2.75, 3.05) is 11.4 Å². The van der Waals surface area contributed by atoms with Gasteiger partial charge in [0.25, 0.3) is 5.91 Å². The fourth-order valence-corrected chi connectivity index (χ4v) is 2.09. The Kier molecular flexibility index (Phi) is 3.28. The molecule has 1 aliphatic heterocycles. The molecule has 0 atom stereocenters. The number of rotatable bonds is 2. The Morgan fingerprint density at radius 1 is 1.42 bits per heavy atom. The van der Waals surface area contributed by atoms with Gasteiger partial charge in [-0.2, -0.15) is 0 Å². The molecule has 2 heterocycles. The molecule has 1 saturated heterocycles. The van der Waals surface area contributed by atoms with Gasteiger partial charge in [0, 0.05) is 17.8 Å². The van der Waals surface area contributed by atoms with E-state index in [2.05, 4.69) is 10.3 Å². The molecule has 6 heteroatoms. The minimum absolute atomic E-state index is 0.0994. The Labute approximate surface area is 112 Å². The van der Waals surface area contributed by atoms with E-state index in [1.165, 1.54) is 0 Å². The number of aryl methyl sites for hydroxylation is 1. The summed E-state index contributed by atoms with van der Waals surface area (Å²) in [5, 5.41) is 2.34. The summed E-state index contributed by atoms with van der Waals surface area (Å²) >= 11 is 0. The predicted octanol–water partition coefficient (Wildman–Crippen LogP) is 0.0901. The van der Waals surface area contributed by atoms with Crippen LogP contribution in [0, 0.1) is 6.92 Å². The molecule has 0 spiro atoms. The second-order valence-corrected chi connectivity index (χ2v) is 5.16. The Bertz CT molecular complexity index is 539. The number of aromatic nitrogens is 1. The number of imide groups is 1. The maximum atomic E-state index is 12.0. The van der Waals surface area contributed by atoms with Crippen LogP contribution in [0.5, 0.6) is 0 Å². The van der Waals surface area contributed by atoms with Crippen LogP contribution in [0.15, 0.2) is 12.1 Å². The van der Waals surface area contributed by atoms with Gasteiger partial charge in [0.15, 0.2) is 0 Å². The quantitative estimate of drug-likeness (QED) is 0.737. The number of piperazine rings is 1. The van der Waals surface area contributed by atoms with Crippen molar-refractivity contribution in [1.82, 2.24) is 10.3 Å². The minimum Gasteiger partial charge on any atom is -0.333 e. The van der Waals surface area contributed by atoms with Crippen LogP contribution < -0.4 is 16.0 Å².